The molecule has 1 aromatic heterocycles. The van der Waals surface area contributed by atoms with Gasteiger partial charge in [-0.25, -0.2) is 4.98 Å². The average Bonchev–Trinajstić information content (AvgIpc) is 2.81. The molecule has 5 rings (SSSR count). The van der Waals surface area contributed by atoms with Crippen LogP contribution in [0.25, 0.3) is 11.3 Å². The lowest BCUT2D eigenvalue weighted by Crippen LogP contribution is -2.43. The Bertz CT molecular complexity index is 1160. The minimum atomic E-state index is -0.0788. The highest BCUT2D eigenvalue weighted by Crippen LogP contribution is 2.48. The molecule has 0 bridgehead atoms. The largest absolute Gasteiger partial charge is 0.497 e. The minimum Gasteiger partial charge on any atom is -0.497 e. The summed E-state index contributed by atoms with van der Waals surface area (Å²) < 4.78 is 7.17. The standard InChI is InChI=1S/C26H28N2O2S/c1-30-20-12-10-18(11-13-20)17-28-24(29)22-23(27-25(28)31-2)21-9-5-4-8-19(21)16-26(22)14-6-3-7-15-26/h4-5,8-13H,3,6-7,14-17H2,1-2H3. The summed E-state index contributed by atoms with van der Waals surface area (Å²) in [6.07, 6.45) is 8.74. The molecule has 2 aliphatic carbocycles. The van der Waals surface area contributed by atoms with Gasteiger partial charge in [0, 0.05) is 11.0 Å². The second kappa shape index (κ2) is 8.19. The molecule has 1 fully saturated rings. The van der Waals surface area contributed by atoms with Gasteiger partial charge in [0.05, 0.1) is 24.9 Å². The van der Waals surface area contributed by atoms with Crippen molar-refractivity contribution in [2.24, 2.45) is 0 Å². The summed E-state index contributed by atoms with van der Waals surface area (Å²) >= 11 is 1.55. The van der Waals surface area contributed by atoms with E-state index in [1.807, 2.05) is 35.1 Å². The Hall–Kier alpha value is -2.53. The molecule has 3 aromatic rings. The third-order valence-electron chi connectivity index (χ3n) is 6.96. The number of ether oxygens (including phenoxy) is 1. The molecule has 1 saturated carbocycles. The van der Waals surface area contributed by atoms with E-state index in [0.29, 0.717) is 6.54 Å². The number of aromatic nitrogens is 2. The van der Waals surface area contributed by atoms with E-state index in [2.05, 4.69) is 24.3 Å². The van der Waals surface area contributed by atoms with Crippen LogP contribution in [0.1, 0.15) is 48.8 Å². The van der Waals surface area contributed by atoms with Gasteiger partial charge in [-0.1, -0.05) is 67.4 Å². The van der Waals surface area contributed by atoms with E-state index in [-0.39, 0.29) is 11.0 Å². The van der Waals surface area contributed by atoms with Crippen molar-refractivity contribution in [1.29, 1.82) is 0 Å². The zero-order valence-electron chi connectivity index (χ0n) is 18.2. The van der Waals surface area contributed by atoms with Gasteiger partial charge < -0.3 is 4.74 Å². The molecule has 160 valence electrons. The highest BCUT2D eigenvalue weighted by atomic mass is 32.2. The maximum atomic E-state index is 14.1. The van der Waals surface area contributed by atoms with Gasteiger partial charge in [-0.15, -0.1) is 0 Å². The molecule has 1 heterocycles. The van der Waals surface area contributed by atoms with Crippen LogP contribution in [0.4, 0.5) is 0 Å². The summed E-state index contributed by atoms with van der Waals surface area (Å²) in [7, 11) is 1.67. The van der Waals surface area contributed by atoms with Crippen molar-refractivity contribution in [2.45, 2.75) is 55.6 Å². The van der Waals surface area contributed by atoms with Crippen LogP contribution in [0.15, 0.2) is 58.5 Å². The summed E-state index contributed by atoms with van der Waals surface area (Å²) in [5, 5.41) is 0.780. The lowest BCUT2D eigenvalue weighted by Gasteiger charge is -2.42. The molecule has 0 radical (unpaired) electrons. The van der Waals surface area contributed by atoms with Gasteiger partial charge in [0.1, 0.15) is 5.75 Å². The quantitative estimate of drug-likeness (QED) is 0.406. The summed E-state index contributed by atoms with van der Waals surface area (Å²) in [4.78, 5) is 19.2. The molecular formula is C26H28N2O2S. The molecule has 5 heteroatoms. The number of hydrogen-bond donors (Lipinski definition) is 0. The van der Waals surface area contributed by atoms with Crippen LogP contribution in [0.3, 0.4) is 0 Å². The monoisotopic (exact) mass is 432 g/mol. The smallest absolute Gasteiger partial charge is 0.258 e. The topological polar surface area (TPSA) is 44.1 Å². The Morgan fingerprint density at radius 2 is 1.81 bits per heavy atom. The summed E-state index contributed by atoms with van der Waals surface area (Å²) in [6.45, 7) is 0.525. The first kappa shape index (κ1) is 20.4. The zero-order chi connectivity index (χ0) is 21.4. The Morgan fingerprint density at radius 1 is 1.06 bits per heavy atom. The Kier molecular flexibility index (Phi) is 5.39. The molecule has 0 saturated heterocycles. The van der Waals surface area contributed by atoms with Crippen LogP contribution in [0.2, 0.25) is 0 Å². The summed E-state index contributed by atoms with van der Waals surface area (Å²) in [5.74, 6) is 0.822. The predicted molar refractivity (Wildman–Crippen MR) is 126 cm³/mol. The molecule has 0 unspecified atom stereocenters. The number of benzene rings is 2. The maximum absolute atomic E-state index is 14.1. The Morgan fingerprint density at radius 3 is 2.52 bits per heavy atom. The third-order valence-corrected chi connectivity index (χ3v) is 7.64. The molecule has 1 spiro atoms. The van der Waals surface area contributed by atoms with E-state index in [1.165, 1.54) is 24.8 Å². The number of fused-ring (bicyclic) bond motifs is 4. The summed E-state index contributed by atoms with van der Waals surface area (Å²) in [5.41, 5.74) is 5.49. The molecule has 4 nitrogen and oxygen atoms in total. The highest BCUT2D eigenvalue weighted by molar-refractivity contribution is 7.98. The normalized spacial score (nSPS) is 16.6. The number of methoxy groups -OCH3 is 1. The van der Waals surface area contributed by atoms with Crippen LogP contribution < -0.4 is 10.3 Å². The van der Waals surface area contributed by atoms with Crippen molar-refractivity contribution in [1.82, 2.24) is 9.55 Å². The fourth-order valence-electron chi connectivity index (χ4n) is 5.43. The highest BCUT2D eigenvalue weighted by Gasteiger charge is 2.43. The van der Waals surface area contributed by atoms with Gasteiger partial charge >= 0.3 is 0 Å². The first-order valence-electron chi connectivity index (χ1n) is 11.1. The zero-order valence-corrected chi connectivity index (χ0v) is 19.0. The van der Waals surface area contributed by atoms with Crippen molar-refractivity contribution in [3.8, 4) is 17.0 Å². The second-order valence-corrected chi connectivity index (χ2v) is 9.51. The van der Waals surface area contributed by atoms with Crippen LogP contribution in [0, 0.1) is 0 Å². The molecule has 0 amide bonds. The minimum absolute atomic E-state index is 0.0788. The average molecular weight is 433 g/mol. The van der Waals surface area contributed by atoms with Gasteiger partial charge in [0.15, 0.2) is 5.16 Å². The fraction of sp³-hybridized carbons (Fsp3) is 0.385. The third kappa shape index (κ3) is 3.49. The van der Waals surface area contributed by atoms with Crippen molar-refractivity contribution >= 4 is 11.8 Å². The van der Waals surface area contributed by atoms with E-state index < -0.39 is 0 Å². The van der Waals surface area contributed by atoms with E-state index in [9.17, 15) is 4.79 Å². The van der Waals surface area contributed by atoms with Crippen molar-refractivity contribution in [3.05, 3.63) is 75.6 Å². The molecule has 31 heavy (non-hydrogen) atoms. The van der Waals surface area contributed by atoms with Crippen LogP contribution in [0.5, 0.6) is 5.75 Å². The molecular weight excluding hydrogens is 404 g/mol. The molecule has 2 aliphatic rings. The Labute approximate surface area is 187 Å². The predicted octanol–water partition coefficient (Wildman–Crippen LogP) is 5.45. The SMILES string of the molecule is COc1ccc(Cn2c(SC)nc3c(c2=O)C2(CCCCC2)Cc2ccccc2-3)cc1. The first-order chi connectivity index (χ1) is 15.1. The van der Waals surface area contributed by atoms with Crippen molar-refractivity contribution < 1.29 is 4.74 Å². The van der Waals surface area contributed by atoms with Crippen LogP contribution >= 0.6 is 11.8 Å². The first-order valence-corrected chi connectivity index (χ1v) is 12.3. The van der Waals surface area contributed by atoms with E-state index in [0.717, 1.165) is 52.6 Å². The number of nitrogens with zero attached hydrogens (tertiary/aromatic N) is 2. The molecule has 2 aromatic carbocycles. The maximum Gasteiger partial charge on any atom is 0.258 e. The van der Waals surface area contributed by atoms with Gasteiger partial charge in [0.2, 0.25) is 0 Å². The summed E-state index contributed by atoms with van der Waals surface area (Å²) in [6, 6.07) is 16.5. The lowest BCUT2D eigenvalue weighted by molar-refractivity contribution is 0.282. The number of thioether (sulfide) groups is 1. The van der Waals surface area contributed by atoms with Crippen molar-refractivity contribution in [2.75, 3.05) is 13.4 Å². The van der Waals surface area contributed by atoms with Gasteiger partial charge in [0.25, 0.3) is 5.56 Å². The fourth-order valence-corrected chi connectivity index (χ4v) is 5.98. The van der Waals surface area contributed by atoms with Gasteiger partial charge in [-0.3, -0.25) is 9.36 Å². The molecule has 0 aliphatic heterocycles. The molecule has 0 atom stereocenters. The van der Waals surface area contributed by atoms with Crippen LogP contribution in [-0.4, -0.2) is 22.9 Å². The lowest BCUT2D eigenvalue weighted by atomic mass is 9.62. The van der Waals surface area contributed by atoms with E-state index >= 15 is 0 Å². The van der Waals surface area contributed by atoms with Gasteiger partial charge in [-0.2, -0.15) is 0 Å². The van der Waals surface area contributed by atoms with E-state index in [4.69, 9.17) is 9.72 Å². The molecule has 0 N–H and O–H groups in total. The van der Waals surface area contributed by atoms with Crippen LogP contribution in [-0.2, 0) is 18.4 Å². The van der Waals surface area contributed by atoms with Crippen molar-refractivity contribution in [3.63, 3.8) is 0 Å². The number of rotatable bonds is 4. The Balaban J connectivity index is 1.70. The van der Waals surface area contributed by atoms with Gasteiger partial charge in [-0.05, 0) is 48.8 Å². The second-order valence-electron chi connectivity index (χ2n) is 8.74. The number of hydrogen-bond acceptors (Lipinski definition) is 4. The van der Waals surface area contributed by atoms with E-state index in [1.54, 1.807) is 18.9 Å².